The van der Waals surface area contributed by atoms with Crippen LogP contribution in [-0.4, -0.2) is 52.1 Å². The van der Waals surface area contributed by atoms with Crippen LogP contribution in [0.4, 0.5) is 4.79 Å². The van der Waals surface area contributed by atoms with Crippen LogP contribution in [0.3, 0.4) is 0 Å². The SMILES string of the molecule is CCN(C(=O)C(CC(C)C)NC(=O)OC(C)(C)C)C(C(=O)NC1CCCCC1)c1ccc(O)cc1. The van der Waals surface area contributed by atoms with Gasteiger partial charge in [0.1, 0.15) is 23.4 Å². The average molecular weight is 490 g/mol. The smallest absolute Gasteiger partial charge is 0.408 e. The summed E-state index contributed by atoms with van der Waals surface area (Å²) >= 11 is 0. The molecule has 196 valence electrons. The Morgan fingerprint density at radius 3 is 2.20 bits per heavy atom. The van der Waals surface area contributed by atoms with Gasteiger partial charge in [-0.2, -0.15) is 0 Å². The van der Waals surface area contributed by atoms with Gasteiger partial charge in [-0.3, -0.25) is 9.59 Å². The minimum atomic E-state index is -0.884. The van der Waals surface area contributed by atoms with Gasteiger partial charge in [0, 0.05) is 12.6 Å². The van der Waals surface area contributed by atoms with Crippen molar-refractivity contribution in [1.82, 2.24) is 15.5 Å². The number of nitrogens with zero attached hydrogens (tertiary/aromatic N) is 1. The monoisotopic (exact) mass is 489 g/mol. The molecule has 8 nitrogen and oxygen atoms in total. The molecule has 1 aliphatic carbocycles. The lowest BCUT2D eigenvalue weighted by Gasteiger charge is -2.35. The van der Waals surface area contributed by atoms with E-state index in [1.165, 1.54) is 23.5 Å². The summed E-state index contributed by atoms with van der Waals surface area (Å²) in [5.41, 5.74) is -0.0964. The number of benzene rings is 1. The quantitative estimate of drug-likeness (QED) is 0.467. The summed E-state index contributed by atoms with van der Waals surface area (Å²) in [5, 5.41) is 15.7. The highest BCUT2D eigenvalue weighted by atomic mass is 16.6. The van der Waals surface area contributed by atoms with Crippen LogP contribution in [0.25, 0.3) is 0 Å². The Hall–Kier alpha value is -2.77. The first-order valence-corrected chi connectivity index (χ1v) is 12.8. The van der Waals surface area contributed by atoms with Crippen molar-refractivity contribution in [3.8, 4) is 5.75 Å². The number of rotatable bonds is 9. The molecule has 1 aliphatic rings. The molecule has 0 aliphatic heterocycles. The third-order valence-electron chi connectivity index (χ3n) is 6.04. The Morgan fingerprint density at radius 1 is 1.09 bits per heavy atom. The van der Waals surface area contributed by atoms with Crippen molar-refractivity contribution in [3.63, 3.8) is 0 Å². The number of hydrogen-bond acceptors (Lipinski definition) is 5. The highest BCUT2D eigenvalue weighted by Gasteiger charge is 2.36. The lowest BCUT2D eigenvalue weighted by molar-refractivity contribution is -0.142. The van der Waals surface area contributed by atoms with Crippen molar-refractivity contribution in [2.45, 2.75) is 104 Å². The van der Waals surface area contributed by atoms with E-state index in [0.717, 1.165) is 25.7 Å². The molecule has 1 aromatic rings. The molecule has 0 saturated heterocycles. The first kappa shape index (κ1) is 28.5. The van der Waals surface area contributed by atoms with E-state index >= 15 is 0 Å². The first-order chi connectivity index (χ1) is 16.4. The van der Waals surface area contributed by atoms with Gasteiger partial charge in [-0.05, 0) is 70.6 Å². The normalized spacial score (nSPS) is 16.3. The number of alkyl carbamates (subject to hydrolysis) is 1. The first-order valence-electron chi connectivity index (χ1n) is 12.8. The van der Waals surface area contributed by atoms with E-state index in [-0.39, 0.29) is 36.1 Å². The molecule has 1 aromatic carbocycles. The van der Waals surface area contributed by atoms with Crippen LogP contribution in [0.5, 0.6) is 5.75 Å². The van der Waals surface area contributed by atoms with Gasteiger partial charge >= 0.3 is 6.09 Å². The Balaban J connectivity index is 2.35. The zero-order valence-corrected chi connectivity index (χ0v) is 22.1. The van der Waals surface area contributed by atoms with Crippen molar-refractivity contribution in [3.05, 3.63) is 29.8 Å². The number of ether oxygens (including phenoxy) is 1. The van der Waals surface area contributed by atoms with Gasteiger partial charge in [-0.25, -0.2) is 4.79 Å². The molecule has 0 spiro atoms. The Labute approximate surface area is 209 Å². The second-order valence-corrected chi connectivity index (χ2v) is 10.8. The van der Waals surface area contributed by atoms with Crippen LogP contribution in [-0.2, 0) is 14.3 Å². The van der Waals surface area contributed by atoms with Crippen LogP contribution >= 0.6 is 0 Å². The largest absolute Gasteiger partial charge is 0.508 e. The van der Waals surface area contributed by atoms with Crippen LogP contribution < -0.4 is 10.6 Å². The molecule has 0 aromatic heterocycles. The highest BCUT2D eigenvalue weighted by Crippen LogP contribution is 2.27. The lowest BCUT2D eigenvalue weighted by atomic mass is 9.94. The summed E-state index contributed by atoms with van der Waals surface area (Å²) in [6.45, 7) is 11.3. The van der Waals surface area contributed by atoms with Crippen molar-refractivity contribution in [2.24, 2.45) is 5.92 Å². The van der Waals surface area contributed by atoms with E-state index in [0.29, 0.717) is 12.0 Å². The van der Waals surface area contributed by atoms with Crippen LogP contribution in [0.15, 0.2) is 24.3 Å². The number of phenols is 1. The summed E-state index contributed by atoms with van der Waals surface area (Å²) in [5.74, 6) is -0.387. The number of amides is 3. The molecule has 3 N–H and O–H groups in total. The number of carbonyl (C=O) groups is 3. The van der Waals surface area contributed by atoms with Crippen LogP contribution in [0.2, 0.25) is 0 Å². The summed E-state index contributed by atoms with van der Waals surface area (Å²) in [6.07, 6.45) is 4.89. The minimum absolute atomic E-state index is 0.0797. The number of hydrogen-bond donors (Lipinski definition) is 3. The molecule has 2 rings (SSSR count). The Bertz CT molecular complexity index is 841. The molecule has 3 amide bonds. The zero-order valence-electron chi connectivity index (χ0n) is 22.1. The predicted octanol–water partition coefficient (Wildman–Crippen LogP) is 4.67. The highest BCUT2D eigenvalue weighted by molar-refractivity contribution is 5.92. The molecule has 2 unspecified atom stereocenters. The number of likely N-dealkylation sites (N-methyl/N-ethyl adjacent to an activating group) is 1. The maximum Gasteiger partial charge on any atom is 0.408 e. The summed E-state index contributed by atoms with van der Waals surface area (Å²) in [7, 11) is 0. The number of aromatic hydroxyl groups is 1. The van der Waals surface area contributed by atoms with E-state index < -0.39 is 23.8 Å². The molecule has 1 fully saturated rings. The van der Waals surface area contributed by atoms with Gasteiger partial charge in [-0.15, -0.1) is 0 Å². The summed E-state index contributed by atoms with van der Waals surface area (Å²) in [4.78, 5) is 41.4. The van der Waals surface area contributed by atoms with Gasteiger partial charge < -0.3 is 25.4 Å². The van der Waals surface area contributed by atoms with Gasteiger partial charge in [-0.1, -0.05) is 45.2 Å². The Kier molecular flexibility index (Phi) is 10.4. The van der Waals surface area contributed by atoms with Gasteiger partial charge in [0.25, 0.3) is 0 Å². The fourth-order valence-electron chi connectivity index (χ4n) is 4.47. The minimum Gasteiger partial charge on any atom is -0.508 e. The molecule has 35 heavy (non-hydrogen) atoms. The zero-order chi connectivity index (χ0) is 26.2. The standard InChI is InChI=1S/C27H43N3O5/c1-7-30(25(33)22(17-18(2)3)29-26(34)35-27(4,5)6)23(19-13-15-21(31)16-14-19)24(32)28-20-11-9-8-10-12-20/h13-16,18,20,22-23,31H,7-12,17H2,1-6H3,(H,28,32)(H,29,34). The second-order valence-electron chi connectivity index (χ2n) is 10.8. The van der Waals surface area contributed by atoms with E-state index in [2.05, 4.69) is 10.6 Å². The average Bonchev–Trinajstić information content (AvgIpc) is 2.76. The topological polar surface area (TPSA) is 108 Å². The Morgan fingerprint density at radius 2 is 1.69 bits per heavy atom. The fourth-order valence-corrected chi connectivity index (χ4v) is 4.47. The van der Waals surface area contributed by atoms with E-state index in [1.807, 2.05) is 20.8 Å². The fraction of sp³-hybridized carbons (Fsp3) is 0.667. The molecule has 0 heterocycles. The molecule has 0 radical (unpaired) electrons. The number of carbonyl (C=O) groups excluding carboxylic acids is 3. The van der Waals surface area contributed by atoms with Crippen molar-refractivity contribution >= 4 is 17.9 Å². The van der Waals surface area contributed by atoms with E-state index in [9.17, 15) is 19.5 Å². The lowest BCUT2D eigenvalue weighted by Crippen LogP contribution is -2.54. The van der Waals surface area contributed by atoms with Gasteiger partial charge in [0.05, 0.1) is 0 Å². The molecule has 1 saturated carbocycles. The van der Waals surface area contributed by atoms with E-state index in [1.54, 1.807) is 32.9 Å². The molecule has 8 heteroatoms. The third kappa shape index (κ3) is 9.07. The van der Waals surface area contributed by atoms with Crippen molar-refractivity contribution in [1.29, 1.82) is 0 Å². The second kappa shape index (κ2) is 12.8. The summed E-state index contributed by atoms with van der Waals surface area (Å²) < 4.78 is 5.39. The van der Waals surface area contributed by atoms with Crippen molar-refractivity contribution in [2.75, 3.05) is 6.54 Å². The van der Waals surface area contributed by atoms with Gasteiger partial charge in [0.2, 0.25) is 11.8 Å². The number of phenolic OH excluding ortho intramolecular Hbond substituents is 1. The maximum atomic E-state index is 13.8. The van der Waals surface area contributed by atoms with Gasteiger partial charge in [0.15, 0.2) is 0 Å². The maximum absolute atomic E-state index is 13.8. The summed E-state index contributed by atoms with van der Waals surface area (Å²) in [6, 6.07) is 4.70. The number of nitrogens with one attached hydrogen (secondary N) is 2. The van der Waals surface area contributed by atoms with E-state index in [4.69, 9.17) is 4.74 Å². The van der Waals surface area contributed by atoms with Crippen LogP contribution in [0.1, 0.15) is 91.7 Å². The van der Waals surface area contributed by atoms with Crippen molar-refractivity contribution < 1.29 is 24.2 Å². The molecular formula is C27H43N3O5. The third-order valence-corrected chi connectivity index (χ3v) is 6.04. The predicted molar refractivity (Wildman–Crippen MR) is 136 cm³/mol. The molecule has 0 bridgehead atoms. The molecular weight excluding hydrogens is 446 g/mol. The molecule has 2 atom stereocenters. The van der Waals surface area contributed by atoms with Crippen LogP contribution in [0, 0.1) is 5.92 Å².